The van der Waals surface area contributed by atoms with Crippen LogP contribution in [0.15, 0.2) is 60.7 Å². The van der Waals surface area contributed by atoms with Gasteiger partial charge in [-0.15, -0.1) is 0 Å². The lowest BCUT2D eigenvalue weighted by atomic mass is 10.2. The van der Waals surface area contributed by atoms with E-state index in [9.17, 15) is 4.79 Å². The molecule has 3 aromatic carbocycles. The fraction of sp³-hybridized carbons (Fsp3) is 0.286. The number of carbonyl (C=O) groups is 1. The van der Waals surface area contributed by atoms with E-state index in [1.807, 2.05) is 43.3 Å². The van der Waals surface area contributed by atoms with E-state index in [0.717, 1.165) is 46.0 Å². The van der Waals surface area contributed by atoms with Crippen molar-refractivity contribution < 1.29 is 19.0 Å². The average Bonchev–Trinajstić information content (AvgIpc) is 3.25. The molecule has 0 radical (unpaired) electrons. The van der Waals surface area contributed by atoms with Crippen molar-refractivity contribution in [3.8, 4) is 17.2 Å². The Kier molecular flexibility index (Phi) is 8.33. The lowest BCUT2D eigenvalue weighted by Gasteiger charge is -2.12. The van der Waals surface area contributed by atoms with Crippen LogP contribution >= 0.6 is 11.6 Å². The van der Waals surface area contributed by atoms with Gasteiger partial charge in [-0.2, -0.15) is 0 Å². The van der Waals surface area contributed by atoms with Crippen LogP contribution in [-0.2, 0) is 13.0 Å². The average molecular weight is 508 g/mol. The Labute approximate surface area is 216 Å². The number of methoxy groups -OCH3 is 2. The van der Waals surface area contributed by atoms with Crippen LogP contribution in [0, 0.1) is 6.92 Å². The van der Waals surface area contributed by atoms with Crippen molar-refractivity contribution in [2.24, 2.45) is 0 Å². The molecular formula is C28H30ClN3O4. The SMILES string of the molecule is COc1ccc(C(=O)NCCCc2nc3ccccc3n2CCOc2ccc(Cl)c(C)c2)cc1OC. The summed E-state index contributed by atoms with van der Waals surface area (Å²) in [6, 6.07) is 18.9. The number of amides is 1. The summed E-state index contributed by atoms with van der Waals surface area (Å²) in [5.74, 6) is 2.71. The highest BCUT2D eigenvalue weighted by Crippen LogP contribution is 2.27. The van der Waals surface area contributed by atoms with Gasteiger partial charge in [-0.3, -0.25) is 4.79 Å². The predicted molar refractivity (Wildman–Crippen MR) is 142 cm³/mol. The summed E-state index contributed by atoms with van der Waals surface area (Å²) < 4.78 is 18.7. The number of nitrogens with zero attached hydrogens (tertiary/aromatic N) is 2. The highest BCUT2D eigenvalue weighted by molar-refractivity contribution is 6.31. The number of rotatable bonds is 11. The second-order valence-electron chi connectivity index (χ2n) is 8.36. The third-order valence-electron chi connectivity index (χ3n) is 5.96. The molecule has 1 heterocycles. The molecule has 1 amide bonds. The Morgan fingerprint density at radius 1 is 1.03 bits per heavy atom. The maximum absolute atomic E-state index is 12.6. The summed E-state index contributed by atoms with van der Waals surface area (Å²) in [4.78, 5) is 17.4. The number of hydrogen-bond donors (Lipinski definition) is 1. The highest BCUT2D eigenvalue weighted by Gasteiger charge is 2.13. The number of aromatic nitrogens is 2. The summed E-state index contributed by atoms with van der Waals surface area (Å²) in [5.41, 5.74) is 3.52. The largest absolute Gasteiger partial charge is 0.493 e. The number of imidazole rings is 1. The Hall–Kier alpha value is -3.71. The first-order chi connectivity index (χ1) is 17.5. The second-order valence-corrected chi connectivity index (χ2v) is 8.76. The molecule has 0 atom stereocenters. The van der Waals surface area contributed by atoms with Crippen LogP contribution in [-0.4, -0.2) is 42.8 Å². The van der Waals surface area contributed by atoms with Crippen molar-refractivity contribution in [2.45, 2.75) is 26.3 Å². The van der Waals surface area contributed by atoms with E-state index >= 15 is 0 Å². The van der Waals surface area contributed by atoms with E-state index in [1.54, 1.807) is 32.4 Å². The summed E-state index contributed by atoms with van der Waals surface area (Å²) in [6.45, 7) is 3.65. The Morgan fingerprint density at radius 2 is 1.83 bits per heavy atom. The Balaban J connectivity index is 1.36. The standard InChI is InChI=1S/C28H30ClN3O4/c1-19-17-21(11-12-22(19)29)36-16-15-32-24-8-5-4-7-23(24)31-27(32)9-6-14-30-28(33)20-10-13-25(34-2)26(18-20)35-3/h4-5,7-8,10-13,17-18H,6,9,14-16H2,1-3H3,(H,30,33). The first-order valence-corrected chi connectivity index (χ1v) is 12.2. The fourth-order valence-electron chi connectivity index (χ4n) is 4.06. The fourth-order valence-corrected chi connectivity index (χ4v) is 4.17. The van der Waals surface area contributed by atoms with E-state index in [2.05, 4.69) is 16.0 Å². The first kappa shape index (κ1) is 25.4. The zero-order valence-electron chi connectivity index (χ0n) is 20.7. The van der Waals surface area contributed by atoms with E-state index in [4.69, 9.17) is 30.8 Å². The lowest BCUT2D eigenvalue weighted by Crippen LogP contribution is -2.25. The number of aryl methyl sites for hydroxylation is 2. The Morgan fingerprint density at radius 3 is 2.61 bits per heavy atom. The maximum atomic E-state index is 12.6. The number of benzene rings is 3. The molecule has 0 saturated heterocycles. The van der Waals surface area contributed by atoms with Crippen molar-refractivity contribution in [1.82, 2.24) is 14.9 Å². The minimum absolute atomic E-state index is 0.156. The molecular weight excluding hydrogens is 478 g/mol. The molecule has 0 aliphatic carbocycles. The van der Waals surface area contributed by atoms with Gasteiger partial charge in [0.15, 0.2) is 11.5 Å². The van der Waals surface area contributed by atoms with E-state index in [0.29, 0.717) is 36.8 Å². The van der Waals surface area contributed by atoms with Crippen LogP contribution in [0.5, 0.6) is 17.2 Å². The van der Waals surface area contributed by atoms with Crippen molar-refractivity contribution in [1.29, 1.82) is 0 Å². The molecule has 36 heavy (non-hydrogen) atoms. The van der Waals surface area contributed by atoms with E-state index < -0.39 is 0 Å². The van der Waals surface area contributed by atoms with Crippen molar-refractivity contribution in [3.63, 3.8) is 0 Å². The molecule has 8 heteroatoms. The van der Waals surface area contributed by atoms with Gasteiger partial charge in [-0.1, -0.05) is 23.7 Å². The van der Waals surface area contributed by atoms with Crippen molar-refractivity contribution in [3.05, 3.63) is 82.6 Å². The smallest absolute Gasteiger partial charge is 0.251 e. The summed E-state index contributed by atoms with van der Waals surface area (Å²) >= 11 is 6.12. The van der Waals surface area contributed by atoms with Crippen LogP contribution in [0.3, 0.4) is 0 Å². The molecule has 0 bridgehead atoms. The van der Waals surface area contributed by atoms with Crippen molar-refractivity contribution >= 4 is 28.5 Å². The minimum Gasteiger partial charge on any atom is -0.493 e. The van der Waals surface area contributed by atoms with Gasteiger partial charge in [-0.25, -0.2) is 4.98 Å². The quantitative estimate of drug-likeness (QED) is 0.273. The number of carbonyl (C=O) groups excluding carboxylic acids is 1. The molecule has 1 N–H and O–H groups in total. The van der Waals surface area contributed by atoms with E-state index in [1.165, 1.54) is 0 Å². The van der Waals surface area contributed by atoms with Gasteiger partial charge in [0, 0.05) is 23.6 Å². The normalized spacial score (nSPS) is 10.9. The van der Waals surface area contributed by atoms with Crippen LogP contribution in [0.2, 0.25) is 5.02 Å². The minimum atomic E-state index is -0.156. The van der Waals surface area contributed by atoms with Crippen LogP contribution in [0.25, 0.3) is 11.0 Å². The molecule has 0 aliphatic rings. The first-order valence-electron chi connectivity index (χ1n) is 11.8. The van der Waals surface area contributed by atoms with Crippen molar-refractivity contribution in [2.75, 3.05) is 27.4 Å². The van der Waals surface area contributed by atoms with Gasteiger partial charge in [0.1, 0.15) is 18.2 Å². The third kappa shape index (κ3) is 5.91. The molecule has 7 nitrogen and oxygen atoms in total. The number of halogens is 1. The monoisotopic (exact) mass is 507 g/mol. The summed E-state index contributed by atoms with van der Waals surface area (Å²) in [5, 5.41) is 3.70. The zero-order valence-corrected chi connectivity index (χ0v) is 21.5. The summed E-state index contributed by atoms with van der Waals surface area (Å²) in [6.07, 6.45) is 1.47. The van der Waals surface area contributed by atoms with E-state index in [-0.39, 0.29) is 5.91 Å². The number of para-hydroxylation sites is 2. The van der Waals surface area contributed by atoms with Crippen LogP contribution in [0.4, 0.5) is 0 Å². The molecule has 4 rings (SSSR count). The molecule has 0 fully saturated rings. The Bertz CT molecular complexity index is 1350. The van der Waals surface area contributed by atoms with Gasteiger partial charge in [-0.05, 0) is 67.4 Å². The zero-order chi connectivity index (χ0) is 25.5. The molecule has 0 spiro atoms. The topological polar surface area (TPSA) is 74.6 Å². The molecule has 0 saturated carbocycles. The summed E-state index contributed by atoms with van der Waals surface area (Å²) in [7, 11) is 3.11. The van der Waals surface area contributed by atoms with Gasteiger partial charge >= 0.3 is 0 Å². The number of nitrogens with one attached hydrogen (secondary N) is 1. The van der Waals surface area contributed by atoms with Gasteiger partial charge in [0.2, 0.25) is 0 Å². The predicted octanol–water partition coefficient (Wildman–Crippen LogP) is 5.46. The third-order valence-corrected chi connectivity index (χ3v) is 6.38. The highest BCUT2D eigenvalue weighted by atomic mass is 35.5. The van der Waals surface area contributed by atoms with Crippen LogP contribution in [0.1, 0.15) is 28.2 Å². The maximum Gasteiger partial charge on any atom is 0.251 e. The van der Waals surface area contributed by atoms with Gasteiger partial charge in [0.25, 0.3) is 5.91 Å². The van der Waals surface area contributed by atoms with Crippen LogP contribution < -0.4 is 19.5 Å². The lowest BCUT2D eigenvalue weighted by molar-refractivity contribution is 0.0952. The number of fused-ring (bicyclic) bond motifs is 1. The number of hydrogen-bond acceptors (Lipinski definition) is 5. The second kappa shape index (κ2) is 11.8. The molecule has 4 aromatic rings. The van der Waals surface area contributed by atoms with Gasteiger partial charge in [0.05, 0.1) is 31.8 Å². The molecule has 188 valence electrons. The molecule has 0 unspecified atom stereocenters. The van der Waals surface area contributed by atoms with Gasteiger partial charge < -0.3 is 24.1 Å². The molecule has 0 aliphatic heterocycles. The number of ether oxygens (including phenoxy) is 3. The molecule has 1 aromatic heterocycles.